The number of hydrogen-bond donors (Lipinski definition) is 1. The molecule has 0 unspecified atom stereocenters. The number of anilines is 1. The van der Waals surface area contributed by atoms with Crippen molar-refractivity contribution in [2.45, 2.75) is 25.3 Å². The van der Waals surface area contributed by atoms with Crippen LogP contribution in [0, 0.1) is 29.1 Å². The maximum Gasteiger partial charge on any atom is 0.305 e. The number of carboxylic acids is 1. The average molecular weight is 295 g/mol. The van der Waals surface area contributed by atoms with Crippen molar-refractivity contribution in [1.82, 2.24) is 0 Å². The van der Waals surface area contributed by atoms with Gasteiger partial charge < -0.3 is 10.0 Å². The van der Waals surface area contributed by atoms with Gasteiger partial charge in [0.15, 0.2) is 23.3 Å². The maximum absolute atomic E-state index is 13.7. The van der Waals surface area contributed by atoms with Gasteiger partial charge in [0.05, 0.1) is 6.42 Å². The fraction of sp³-hybridized carbons (Fsp3) is 0.417. The van der Waals surface area contributed by atoms with Crippen LogP contribution in [0.25, 0.3) is 0 Å². The summed E-state index contributed by atoms with van der Waals surface area (Å²) in [5.74, 6) is -11.4. The third-order valence-corrected chi connectivity index (χ3v) is 3.03. The molecule has 110 valence electrons. The molecule has 0 heterocycles. The van der Waals surface area contributed by atoms with Crippen LogP contribution in [0.15, 0.2) is 0 Å². The van der Waals surface area contributed by atoms with Crippen LogP contribution in [-0.2, 0) is 4.79 Å². The lowest BCUT2D eigenvalue weighted by atomic mass is 10.2. The summed E-state index contributed by atoms with van der Waals surface area (Å²) in [7, 11) is 0. The van der Waals surface area contributed by atoms with Crippen molar-refractivity contribution >= 4 is 11.7 Å². The van der Waals surface area contributed by atoms with E-state index < -0.39 is 53.2 Å². The van der Waals surface area contributed by atoms with Crippen molar-refractivity contribution in [2.75, 3.05) is 11.4 Å². The summed E-state index contributed by atoms with van der Waals surface area (Å²) in [5.41, 5.74) is -1.05. The molecule has 1 aliphatic rings. The van der Waals surface area contributed by atoms with Crippen LogP contribution in [-0.4, -0.2) is 23.7 Å². The van der Waals surface area contributed by atoms with Gasteiger partial charge >= 0.3 is 5.97 Å². The summed E-state index contributed by atoms with van der Waals surface area (Å²) in [6, 6.07) is -0.400. The van der Waals surface area contributed by atoms with Gasteiger partial charge in [-0.1, -0.05) is 0 Å². The minimum atomic E-state index is -2.22. The second kappa shape index (κ2) is 5.26. The van der Waals surface area contributed by atoms with Gasteiger partial charge in [0.2, 0.25) is 5.82 Å². The predicted octanol–water partition coefficient (Wildman–Crippen LogP) is 2.83. The minimum Gasteiger partial charge on any atom is -0.481 e. The van der Waals surface area contributed by atoms with Crippen LogP contribution in [0.3, 0.4) is 0 Å². The Balaban J connectivity index is 2.45. The summed E-state index contributed by atoms with van der Waals surface area (Å²) in [6.45, 7) is -0.321. The lowest BCUT2D eigenvalue weighted by Crippen LogP contribution is -2.31. The average Bonchev–Trinajstić information content (AvgIpc) is 3.22. The molecule has 8 heteroatoms. The van der Waals surface area contributed by atoms with E-state index in [1.54, 1.807) is 0 Å². The van der Waals surface area contributed by atoms with Crippen molar-refractivity contribution in [2.24, 2.45) is 0 Å². The van der Waals surface area contributed by atoms with E-state index in [9.17, 15) is 26.7 Å². The van der Waals surface area contributed by atoms with Gasteiger partial charge in [-0.3, -0.25) is 4.79 Å². The summed E-state index contributed by atoms with van der Waals surface area (Å²) >= 11 is 0. The van der Waals surface area contributed by atoms with Crippen LogP contribution >= 0.6 is 0 Å². The molecule has 0 aliphatic heterocycles. The molecule has 1 saturated carbocycles. The Hall–Kier alpha value is -1.86. The van der Waals surface area contributed by atoms with Gasteiger partial charge in [0, 0.05) is 12.6 Å². The van der Waals surface area contributed by atoms with E-state index in [0.717, 1.165) is 4.90 Å². The molecule has 0 amide bonds. The zero-order valence-corrected chi connectivity index (χ0v) is 10.1. The molecular formula is C12H10F5NO2. The molecule has 0 saturated heterocycles. The van der Waals surface area contributed by atoms with E-state index in [1.807, 2.05) is 0 Å². The Kier molecular flexibility index (Phi) is 3.82. The van der Waals surface area contributed by atoms with Crippen LogP contribution in [0.1, 0.15) is 19.3 Å². The third kappa shape index (κ3) is 2.54. The van der Waals surface area contributed by atoms with Crippen molar-refractivity contribution in [3.63, 3.8) is 0 Å². The predicted molar refractivity (Wildman–Crippen MR) is 58.9 cm³/mol. The maximum atomic E-state index is 13.7. The molecule has 20 heavy (non-hydrogen) atoms. The highest BCUT2D eigenvalue weighted by Crippen LogP contribution is 2.37. The highest BCUT2D eigenvalue weighted by Gasteiger charge is 2.36. The lowest BCUT2D eigenvalue weighted by molar-refractivity contribution is -0.136. The quantitative estimate of drug-likeness (QED) is 0.516. The largest absolute Gasteiger partial charge is 0.481 e. The third-order valence-electron chi connectivity index (χ3n) is 3.03. The molecule has 1 fully saturated rings. The van der Waals surface area contributed by atoms with Gasteiger partial charge in [0.25, 0.3) is 0 Å². The number of nitrogens with zero attached hydrogens (tertiary/aromatic N) is 1. The number of carbonyl (C=O) groups is 1. The Morgan fingerprint density at radius 3 is 1.85 bits per heavy atom. The summed E-state index contributed by atoms with van der Waals surface area (Å²) in [4.78, 5) is 11.4. The van der Waals surface area contributed by atoms with E-state index in [4.69, 9.17) is 5.11 Å². The van der Waals surface area contributed by atoms with Crippen LogP contribution in [0.4, 0.5) is 27.6 Å². The molecule has 0 spiro atoms. The topological polar surface area (TPSA) is 40.5 Å². The van der Waals surface area contributed by atoms with Gasteiger partial charge in [0.1, 0.15) is 5.69 Å². The van der Waals surface area contributed by atoms with E-state index in [-0.39, 0.29) is 6.54 Å². The summed E-state index contributed by atoms with van der Waals surface area (Å²) in [5, 5.41) is 8.58. The number of rotatable bonds is 5. The van der Waals surface area contributed by atoms with Crippen molar-refractivity contribution in [1.29, 1.82) is 0 Å². The lowest BCUT2D eigenvalue weighted by Gasteiger charge is -2.25. The van der Waals surface area contributed by atoms with E-state index in [1.165, 1.54) is 0 Å². The molecule has 1 aliphatic carbocycles. The standard InChI is InChI=1S/C12H10F5NO2/c13-7-8(14)10(16)12(11(17)9(7)15)18(5-1-2-5)4-3-6(19)20/h5H,1-4H2,(H,19,20). The number of halogens is 5. The molecule has 1 N–H and O–H groups in total. The second-order valence-corrected chi connectivity index (χ2v) is 4.49. The van der Waals surface area contributed by atoms with E-state index in [2.05, 4.69) is 0 Å². The first-order chi connectivity index (χ1) is 9.34. The zero-order chi connectivity index (χ0) is 15.0. The first-order valence-corrected chi connectivity index (χ1v) is 5.84. The Bertz CT molecular complexity index is 530. The molecule has 0 aromatic heterocycles. The molecule has 0 atom stereocenters. The monoisotopic (exact) mass is 295 g/mol. The van der Waals surface area contributed by atoms with Gasteiger partial charge in [-0.2, -0.15) is 0 Å². The Labute approximate surface area is 110 Å². The molecule has 1 aromatic carbocycles. The molecule has 0 radical (unpaired) electrons. The number of benzene rings is 1. The summed E-state index contributed by atoms with van der Waals surface area (Å²) < 4.78 is 66.5. The molecule has 3 nitrogen and oxygen atoms in total. The normalized spacial score (nSPS) is 14.4. The zero-order valence-electron chi connectivity index (χ0n) is 10.1. The van der Waals surface area contributed by atoms with Gasteiger partial charge in [-0.15, -0.1) is 0 Å². The highest BCUT2D eigenvalue weighted by atomic mass is 19.2. The Morgan fingerprint density at radius 2 is 1.45 bits per heavy atom. The minimum absolute atomic E-state index is 0.321. The second-order valence-electron chi connectivity index (χ2n) is 4.49. The first kappa shape index (κ1) is 14.5. The van der Waals surface area contributed by atoms with Crippen LogP contribution in [0.2, 0.25) is 0 Å². The SMILES string of the molecule is O=C(O)CCN(c1c(F)c(F)c(F)c(F)c1F)C1CC1. The summed E-state index contributed by atoms with van der Waals surface area (Å²) in [6.07, 6.45) is 0.564. The van der Waals surface area contributed by atoms with Crippen molar-refractivity contribution in [3.8, 4) is 0 Å². The van der Waals surface area contributed by atoms with Gasteiger partial charge in [-0.25, -0.2) is 22.0 Å². The van der Waals surface area contributed by atoms with Crippen molar-refractivity contribution in [3.05, 3.63) is 29.1 Å². The van der Waals surface area contributed by atoms with Gasteiger partial charge in [-0.05, 0) is 12.8 Å². The molecular weight excluding hydrogens is 285 g/mol. The fourth-order valence-corrected chi connectivity index (χ4v) is 1.92. The number of aliphatic carboxylic acids is 1. The van der Waals surface area contributed by atoms with Crippen LogP contribution in [0.5, 0.6) is 0 Å². The van der Waals surface area contributed by atoms with Crippen LogP contribution < -0.4 is 4.90 Å². The molecule has 1 aromatic rings. The van der Waals surface area contributed by atoms with Crippen molar-refractivity contribution < 1.29 is 31.9 Å². The first-order valence-electron chi connectivity index (χ1n) is 5.84. The molecule has 2 rings (SSSR count). The van der Waals surface area contributed by atoms with E-state index in [0.29, 0.717) is 12.8 Å². The Morgan fingerprint density at radius 1 is 1.00 bits per heavy atom. The van der Waals surface area contributed by atoms with E-state index >= 15 is 0 Å². The number of carboxylic acid groups (broad SMARTS) is 1. The molecule has 0 bridgehead atoms. The number of hydrogen-bond acceptors (Lipinski definition) is 2. The highest BCUT2D eigenvalue weighted by molar-refractivity contribution is 5.68. The fourth-order valence-electron chi connectivity index (χ4n) is 1.92. The smallest absolute Gasteiger partial charge is 0.305 e.